The minimum absolute atomic E-state index is 0.237. The summed E-state index contributed by atoms with van der Waals surface area (Å²) in [5.74, 6) is -0.940. The van der Waals surface area contributed by atoms with E-state index in [0.717, 1.165) is 25.9 Å². The number of likely N-dealkylation sites (N-methyl/N-ethyl adjacent to an activating group) is 1. The Labute approximate surface area is 100 Å². The lowest BCUT2D eigenvalue weighted by Crippen LogP contribution is -2.40. The van der Waals surface area contributed by atoms with Crippen LogP contribution in [0.5, 0.6) is 0 Å². The molecule has 2 heterocycles. The van der Waals surface area contributed by atoms with Gasteiger partial charge in [0.2, 0.25) is 0 Å². The molecule has 5 nitrogen and oxygen atoms in total. The van der Waals surface area contributed by atoms with Crippen LogP contribution in [0.25, 0.3) is 0 Å². The molecule has 92 valence electrons. The van der Waals surface area contributed by atoms with Crippen LogP contribution in [-0.4, -0.2) is 47.1 Å². The van der Waals surface area contributed by atoms with E-state index in [2.05, 4.69) is 22.2 Å². The Morgan fingerprint density at radius 2 is 2.47 bits per heavy atom. The highest BCUT2D eigenvalue weighted by atomic mass is 16.4. The molecule has 5 heteroatoms. The van der Waals surface area contributed by atoms with Gasteiger partial charge in [0.1, 0.15) is 5.56 Å². The number of hydrogen-bond acceptors (Lipinski definition) is 4. The lowest BCUT2D eigenvalue weighted by atomic mass is 10.1. The molecule has 0 bridgehead atoms. The van der Waals surface area contributed by atoms with Gasteiger partial charge in [-0.05, 0) is 32.5 Å². The topological polar surface area (TPSA) is 65.5 Å². The molecule has 17 heavy (non-hydrogen) atoms. The number of anilines is 1. The third-order valence-corrected chi connectivity index (χ3v) is 3.04. The Balaban J connectivity index is 2.10. The minimum Gasteiger partial charge on any atom is -0.478 e. The van der Waals surface area contributed by atoms with E-state index >= 15 is 0 Å². The van der Waals surface area contributed by atoms with Crippen molar-refractivity contribution in [2.75, 3.05) is 25.5 Å². The second-order valence-corrected chi connectivity index (χ2v) is 4.47. The van der Waals surface area contributed by atoms with E-state index in [1.807, 2.05) is 0 Å². The zero-order chi connectivity index (χ0) is 12.3. The Morgan fingerprint density at radius 1 is 1.65 bits per heavy atom. The SMILES string of the molecule is CN1CCCC(Nc2ccncc2C(=O)O)C1. The fourth-order valence-electron chi connectivity index (χ4n) is 2.19. The zero-order valence-electron chi connectivity index (χ0n) is 9.89. The molecule has 0 aromatic carbocycles. The summed E-state index contributed by atoms with van der Waals surface area (Å²) in [6, 6.07) is 2.03. The Morgan fingerprint density at radius 3 is 3.18 bits per heavy atom. The summed E-state index contributed by atoms with van der Waals surface area (Å²) in [5, 5.41) is 12.4. The number of aromatic carboxylic acids is 1. The predicted molar refractivity (Wildman–Crippen MR) is 65.3 cm³/mol. The summed E-state index contributed by atoms with van der Waals surface area (Å²) in [5.41, 5.74) is 0.897. The molecule has 1 fully saturated rings. The van der Waals surface area contributed by atoms with Gasteiger partial charge in [0.05, 0.1) is 5.69 Å². The van der Waals surface area contributed by atoms with Gasteiger partial charge in [0, 0.05) is 25.0 Å². The van der Waals surface area contributed by atoms with Crippen LogP contribution in [0.2, 0.25) is 0 Å². The second kappa shape index (κ2) is 5.14. The number of carbonyl (C=O) groups is 1. The molecule has 0 aliphatic carbocycles. The van der Waals surface area contributed by atoms with E-state index in [-0.39, 0.29) is 5.56 Å². The summed E-state index contributed by atoms with van der Waals surface area (Å²) in [6.07, 6.45) is 5.21. The number of pyridine rings is 1. The monoisotopic (exact) mass is 235 g/mol. The van der Waals surface area contributed by atoms with E-state index in [4.69, 9.17) is 5.11 Å². The first-order chi connectivity index (χ1) is 8.16. The van der Waals surface area contributed by atoms with Gasteiger partial charge in [-0.2, -0.15) is 0 Å². The van der Waals surface area contributed by atoms with Crippen LogP contribution in [0.1, 0.15) is 23.2 Å². The van der Waals surface area contributed by atoms with Gasteiger partial charge in [0.15, 0.2) is 0 Å². The van der Waals surface area contributed by atoms with Crippen molar-refractivity contribution >= 4 is 11.7 Å². The van der Waals surface area contributed by atoms with Gasteiger partial charge >= 0.3 is 5.97 Å². The van der Waals surface area contributed by atoms with Gasteiger partial charge in [-0.1, -0.05) is 0 Å². The molecule has 1 aliphatic heterocycles. The molecule has 1 aromatic rings. The first kappa shape index (κ1) is 11.9. The number of piperidine rings is 1. The van der Waals surface area contributed by atoms with Crippen LogP contribution in [0, 0.1) is 0 Å². The van der Waals surface area contributed by atoms with Crippen LogP contribution in [0.15, 0.2) is 18.5 Å². The van der Waals surface area contributed by atoms with E-state index in [0.29, 0.717) is 11.7 Å². The molecule has 1 aliphatic rings. The van der Waals surface area contributed by atoms with E-state index in [9.17, 15) is 4.79 Å². The largest absolute Gasteiger partial charge is 0.478 e. The van der Waals surface area contributed by atoms with Crippen molar-refractivity contribution in [2.24, 2.45) is 0 Å². The van der Waals surface area contributed by atoms with Gasteiger partial charge in [-0.25, -0.2) is 4.79 Å². The van der Waals surface area contributed by atoms with Crippen LogP contribution >= 0.6 is 0 Å². The van der Waals surface area contributed by atoms with Crippen molar-refractivity contribution in [3.05, 3.63) is 24.0 Å². The molecule has 1 unspecified atom stereocenters. The highest BCUT2D eigenvalue weighted by molar-refractivity contribution is 5.93. The van der Waals surface area contributed by atoms with Crippen molar-refractivity contribution < 1.29 is 9.90 Å². The molecule has 0 saturated carbocycles. The second-order valence-electron chi connectivity index (χ2n) is 4.47. The fraction of sp³-hybridized carbons (Fsp3) is 0.500. The molecule has 2 N–H and O–H groups in total. The van der Waals surface area contributed by atoms with E-state index in [1.54, 1.807) is 12.3 Å². The van der Waals surface area contributed by atoms with E-state index < -0.39 is 5.97 Å². The normalized spacial score (nSPS) is 21.1. The van der Waals surface area contributed by atoms with Gasteiger partial charge in [0.25, 0.3) is 0 Å². The van der Waals surface area contributed by atoms with Crippen molar-refractivity contribution in [3.8, 4) is 0 Å². The smallest absolute Gasteiger partial charge is 0.339 e. The first-order valence-corrected chi connectivity index (χ1v) is 5.79. The molecule has 1 aromatic heterocycles. The third kappa shape index (κ3) is 2.94. The number of aromatic nitrogens is 1. The number of hydrogen-bond donors (Lipinski definition) is 2. The summed E-state index contributed by atoms with van der Waals surface area (Å²) >= 11 is 0. The van der Waals surface area contributed by atoms with E-state index in [1.165, 1.54) is 6.20 Å². The Kier molecular flexibility index (Phi) is 3.58. The number of rotatable bonds is 3. The quantitative estimate of drug-likeness (QED) is 0.826. The number of nitrogens with zero attached hydrogens (tertiary/aromatic N) is 2. The fourth-order valence-corrected chi connectivity index (χ4v) is 2.19. The number of carboxylic acid groups (broad SMARTS) is 1. The average Bonchev–Trinajstić information content (AvgIpc) is 2.29. The molecule has 1 saturated heterocycles. The predicted octanol–water partition coefficient (Wildman–Crippen LogP) is 1.29. The van der Waals surface area contributed by atoms with Crippen LogP contribution in [0.3, 0.4) is 0 Å². The zero-order valence-corrected chi connectivity index (χ0v) is 9.89. The molecule has 1 atom stereocenters. The van der Waals surface area contributed by atoms with Crippen LogP contribution in [0.4, 0.5) is 5.69 Å². The maximum atomic E-state index is 11.0. The maximum Gasteiger partial charge on any atom is 0.339 e. The molecule has 0 amide bonds. The molecular weight excluding hydrogens is 218 g/mol. The van der Waals surface area contributed by atoms with Crippen molar-refractivity contribution in [2.45, 2.75) is 18.9 Å². The first-order valence-electron chi connectivity index (χ1n) is 5.79. The Hall–Kier alpha value is -1.62. The summed E-state index contributed by atoms with van der Waals surface area (Å²) in [4.78, 5) is 17.1. The maximum absolute atomic E-state index is 11.0. The third-order valence-electron chi connectivity index (χ3n) is 3.04. The van der Waals surface area contributed by atoms with Gasteiger partial charge < -0.3 is 15.3 Å². The van der Waals surface area contributed by atoms with Gasteiger partial charge in [-0.3, -0.25) is 4.98 Å². The molecular formula is C12H17N3O2. The lowest BCUT2D eigenvalue weighted by molar-refractivity contribution is 0.0697. The van der Waals surface area contributed by atoms with Crippen LogP contribution in [-0.2, 0) is 0 Å². The molecule has 0 radical (unpaired) electrons. The number of carboxylic acids is 1. The molecule has 2 rings (SSSR count). The highest BCUT2D eigenvalue weighted by Gasteiger charge is 2.19. The lowest BCUT2D eigenvalue weighted by Gasteiger charge is -2.31. The van der Waals surface area contributed by atoms with Crippen molar-refractivity contribution in [1.82, 2.24) is 9.88 Å². The number of likely N-dealkylation sites (tertiary alicyclic amines) is 1. The van der Waals surface area contributed by atoms with Crippen molar-refractivity contribution in [3.63, 3.8) is 0 Å². The van der Waals surface area contributed by atoms with Crippen molar-refractivity contribution in [1.29, 1.82) is 0 Å². The van der Waals surface area contributed by atoms with Gasteiger partial charge in [-0.15, -0.1) is 0 Å². The highest BCUT2D eigenvalue weighted by Crippen LogP contribution is 2.18. The Bertz CT molecular complexity index is 408. The summed E-state index contributed by atoms with van der Waals surface area (Å²) in [7, 11) is 2.08. The molecule has 0 spiro atoms. The standard InChI is InChI=1S/C12H17N3O2/c1-15-6-2-3-9(8-15)14-11-4-5-13-7-10(11)12(16)17/h4-5,7,9H,2-3,6,8H2,1H3,(H,13,14)(H,16,17). The average molecular weight is 235 g/mol. The minimum atomic E-state index is -0.940. The summed E-state index contributed by atoms with van der Waals surface area (Å²) < 4.78 is 0. The summed E-state index contributed by atoms with van der Waals surface area (Å²) in [6.45, 7) is 2.06. The van der Waals surface area contributed by atoms with Crippen LogP contribution < -0.4 is 5.32 Å². The number of nitrogens with one attached hydrogen (secondary N) is 1.